The van der Waals surface area contributed by atoms with Crippen molar-refractivity contribution in [2.45, 2.75) is 40.7 Å². The van der Waals surface area contributed by atoms with Crippen LogP contribution in [0.2, 0.25) is 10.0 Å². The maximum absolute atomic E-state index is 12.5. The van der Waals surface area contributed by atoms with Crippen LogP contribution in [0.25, 0.3) is 0 Å². The standard InChI is InChI=1S/C22H23Cl2N3O2/c1-13-5-7-15(10-18(13)24)27-20(28)11-19(26-27)16-9-14(6-8-17(16)23)12-25-21(29)22(2,3)4/h5-10H,11-12H2,1-4H3,(H,25,29). The largest absolute Gasteiger partial charge is 0.352 e. The first-order chi connectivity index (χ1) is 13.6. The third kappa shape index (κ3) is 4.80. The number of halogens is 2. The van der Waals surface area contributed by atoms with E-state index < -0.39 is 5.41 Å². The topological polar surface area (TPSA) is 61.8 Å². The van der Waals surface area contributed by atoms with E-state index in [1.54, 1.807) is 12.1 Å². The molecule has 0 unspecified atom stereocenters. The summed E-state index contributed by atoms with van der Waals surface area (Å²) in [4.78, 5) is 24.7. The number of amides is 2. The molecule has 2 aromatic carbocycles. The van der Waals surface area contributed by atoms with Crippen LogP contribution in [-0.2, 0) is 16.1 Å². The van der Waals surface area contributed by atoms with Crippen LogP contribution in [0.3, 0.4) is 0 Å². The molecule has 1 heterocycles. The van der Waals surface area contributed by atoms with E-state index in [1.807, 2.05) is 52.0 Å². The lowest BCUT2D eigenvalue weighted by molar-refractivity contribution is -0.128. The molecule has 0 saturated carbocycles. The van der Waals surface area contributed by atoms with Crippen molar-refractivity contribution in [2.75, 3.05) is 5.01 Å². The van der Waals surface area contributed by atoms with E-state index in [-0.39, 0.29) is 18.2 Å². The predicted molar refractivity (Wildman–Crippen MR) is 118 cm³/mol. The van der Waals surface area contributed by atoms with Gasteiger partial charge in [-0.1, -0.05) is 56.1 Å². The van der Waals surface area contributed by atoms with Crippen LogP contribution in [0.5, 0.6) is 0 Å². The summed E-state index contributed by atoms with van der Waals surface area (Å²) in [5.74, 6) is -0.188. The van der Waals surface area contributed by atoms with Crippen molar-refractivity contribution in [3.63, 3.8) is 0 Å². The fraction of sp³-hybridized carbons (Fsp3) is 0.318. The minimum Gasteiger partial charge on any atom is -0.352 e. The first-order valence-electron chi connectivity index (χ1n) is 9.30. The summed E-state index contributed by atoms with van der Waals surface area (Å²) in [6.07, 6.45) is 0.142. The van der Waals surface area contributed by atoms with Crippen LogP contribution in [-0.4, -0.2) is 17.5 Å². The Bertz CT molecular complexity index is 1010. The Labute approximate surface area is 180 Å². The van der Waals surface area contributed by atoms with Crippen LogP contribution in [0, 0.1) is 12.3 Å². The zero-order valence-electron chi connectivity index (χ0n) is 16.8. The molecule has 0 saturated heterocycles. The predicted octanol–water partition coefficient (Wildman–Crippen LogP) is 5.11. The fourth-order valence-electron chi connectivity index (χ4n) is 2.85. The number of nitrogens with zero attached hydrogens (tertiary/aromatic N) is 2. The van der Waals surface area contributed by atoms with Gasteiger partial charge in [-0.05, 0) is 42.3 Å². The van der Waals surface area contributed by atoms with Gasteiger partial charge in [0.15, 0.2) is 0 Å². The summed E-state index contributed by atoms with van der Waals surface area (Å²) in [6.45, 7) is 7.86. The van der Waals surface area contributed by atoms with Crippen molar-refractivity contribution in [1.82, 2.24) is 5.32 Å². The number of anilines is 1. The number of carbonyl (C=O) groups excluding carboxylic acids is 2. The number of aryl methyl sites for hydroxylation is 1. The minimum absolute atomic E-state index is 0.0372. The highest BCUT2D eigenvalue weighted by molar-refractivity contribution is 6.35. The molecular weight excluding hydrogens is 409 g/mol. The molecule has 0 aliphatic carbocycles. The van der Waals surface area contributed by atoms with Gasteiger partial charge in [-0.3, -0.25) is 9.59 Å². The SMILES string of the molecule is Cc1ccc(N2N=C(c3cc(CNC(=O)C(C)(C)C)ccc3Cl)CC2=O)cc1Cl. The number of rotatable bonds is 4. The molecule has 1 aliphatic rings. The number of benzene rings is 2. The number of hydrogen-bond acceptors (Lipinski definition) is 3. The molecule has 29 heavy (non-hydrogen) atoms. The molecule has 0 atom stereocenters. The van der Waals surface area contributed by atoms with Crippen LogP contribution in [0.15, 0.2) is 41.5 Å². The summed E-state index contributed by atoms with van der Waals surface area (Å²) < 4.78 is 0. The average molecular weight is 432 g/mol. The number of carbonyl (C=O) groups is 2. The van der Waals surface area contributed by atoms with Gasteiger partial charge in [0.25, 0.3) is 5.91 Å². The van der Waals surface area contributed by atoms with Crippen molar-refractivity contribution in [3.05, 3.63) is 63.1 Å². The molecule has 1 N–H and O–H groups in total. The first kappa shape index (κ1) is 21.3. The molecule has 0 spiro atoms. The fourth-order valence-corrected chi connectivity index (χ4v) is 3.25. The van der Waals surface area contributed by atoms with Gasteiger partial charge in [-0.2, -0.15) is 5.10 Å². The van der Waals surface area contributed by atoms with Crippen LogP contribution in [0.1, 0.15) is 43.9 Å². The van der Waals surface area contributed by atoms with Crippen LogP contribution < -0.4 is 10.3 Å². The highest BCUT2D eigenvalue weighted by atomic mass is 35.5. The van der Waals surface area contributed by atoms with Crippen molar-refractivity contribution in [2.24, 2.45) is 10.5 Å². The molecule has 0 bridgehead atoms. The lowest BCUT2D eigenvalue weighted by Crippen LogP contribution is -2.34. The molecule has 0 radical (unpaired) electrons. The summed E-state index contributed by atoms with van der Waals surface area (Å²) in [6, 6.07) is 10.9. The van der Waals surface area contributed by atoms with Gasteiger partial charge in [-0.25, -0.2) is 5.01 Å². The van der Waals surface area contributed by atoms with Gasteiger partial charge in [0.05, 0.1) is 17.8 Å². The van der Waals surface area contributed by atoms with E-state index in [1.165, 1.54) is 5.01 Å². The molecular formula is C22H23Cl2N3O2. The second-order valence-electron chi connectivity index (χ2n) is 8.11. The zero-order valence-corrected chi connectivity index (χ0v) is 18.4. The molecule has 0 aromatic heterocycles. The number of hydrazone groups is 1. The van der Waals surface area contributed by atoms with Crippen molar-refractivity contribution in [1.29, 1.82) is 0 Å². The second-order valence-corrected chi connectivity index (χ2v) is 8.92. The maximum Gasteiger partial charge on any atom is 0.253 e. The molecule has 3 rings (SSSR count). The van der Waals surface area contributed by atoms with Gasteiger partial charge < -0.3 is 5.32 Å². The molecule has 0 fully saturated rings. The Morgan fingerprint density at radius 3 is 2.52 bits per heavy atom. The molecule has 2 aromatic rings. The Kier molecular flexibility index (Phi) is 6.01. The molecule has 5 nitrogen and oxygen atoms in total. The Hall–Kier alpha value is -2.37. The first-order valence-corrected chi connectivity index (χ1v) is 10.1. The molecule has 152 valence electrons. The smallest absolute Gasteiger partial charge is 0.253 e. The highest BCUT2D eigenvalue weighted by Gasteiger charge is 2.28. The lowest BCUT2D eigenvalue weighted by Gasteiger charge is -2.18. The Morgan fingerprint density at radius 2 is 1.86 bits per heavy atom. The van der Waals surface area contributed by atoms with Gasteiger partial charge in [0.1, 0.15) is 0 Å². The van der Waals surface area contributed by atoms with Crippen molar-refractivity contribution in [3.8, 4) is 0 Å². The third-order valence-corrected chi connectivity index (χ3v) is 5.39. The van der Waals surface area contributed by atoms with E-state index in [0.29, 0.717) is 33.6 Å². The van der Waals surface area contributed by atoms with E-state index >= 15 is 0 Å². The normalized spacial score (nSPS) is 14.2. The molecule has 1 aliphatic heterocycles. The maximum atomic E-state index is 12.5. The van der Waals surface area contributed by atoms with Gasteiger partial charge in [0, 0.05) is 27.6 Å². The van der Waals surface area contributed by atoms with Gasteiger partial charge in [0.2, 0.25) is 5.91 Å². The average Bonchev–Trinajstić information content (AvgIpc) is 3.03. The number of hydrogen-bond donors (Lipinski definition) is 1. The summed E-state index contributed by atoms with van der Waals surface area (Å²) in [5, 5.41) is 9.84. The molecule has 2 amide bonds. The van der Waals surface area contributed by atoms with E-state index in [0.717, 1.165) is 11.1 Å². The third-order valence-electron chi connectivity index (χ3n) is 4.65. The zero-order chi connectivity index (χ0) is 21.3. The Morgan fingerprint density at radius 1 is 1.14 bits per heavy atom. The van der Waals surface area contributed by atoms with Crippen LogP contribution >= 0.6 is 23.2 Å². The summed E-state index contributed by atoms with van der Waals surface area (Å²) in [7, 11) is 0. The van der Waals surface area contributed by atoms with Crippen molar-refractivity contribution < 1.29 is 9.59 Å². The van der Waals surface area contributed by atoms with Gasteiger partial charge >= 0.3 is 0 Å². The van der Waals surface area contributed by atoms with Crippen molar-refractivity contribution >= 4 is 46.4 Å². The number of nitrogens with one attached hydrogen (secondary N) is 1. The van der Waals surface area contributed by atoms with E-state index in [9.17, 15) is 9.59 Å². The summed E-state index contributed by atoms with van der Waals surface area (Å²) >= 11 is 12.6. The second kappa shape index (κ2) is 8.17. The van der Waals surface area contributed by atoms with E-state index in [2.05, 4.69) is 10.4 Å². The highest BCUT2D eigenvalue weighted by Crippen LogP contribution is 2.29. The van der Waals surface area contributed by atoms with E-state index in [4.69, 9.17) is 23.2 Å². The molecule has 7 heteroatoms. The Balaban J connectivity index is 1.85. The quantitative estimate of drug-likeness (QED) is 0.730. The van der Waals surface area contributed by atoms with Crippen LogP contribution in [0.4, 0.5) is 5.69 Å². The summed E-state index contributed by atoms with van der Waals surface area (Å²) in [5.41, 5.74) is 3.23. The van der Waals surface area contributed by atoms with Gasteiger partial charge in [-0.15, -0.1) is 0 Å². The minimum atomic E-state index is -0.465. The lowest BCUT2D eigenvalue weighted by atomic mass is 9.95. The monoisotopic (exact) mass is 431 g/mol.